The van der Waals surface area contributed by atoms with E-state index in [9.17, 15) is 8.42 Å². The highest BCUT2D eigenvalue weighted by Crippen LogP contribution is 2.23. The van der Waals surface area contributed by atoms with E-state index in [1.165, 1.54) is 0 Å². The predicted octanol–water partition coefficient (Wildman–Crippen LogP) is 1.74. The van der Waals surface area contributed by atoms with Crippen molar-refractivity contribution in [1.82, 2.24) is 4.72 Å². The maximum atomic E-state index is 11.9. The molecule has 0 atom stereocenters. The number of hydrogen-bond acceptors (Lipinski definition) is 2. The number of rotatable bonds is 3. The molecule has 15 heavy (non-hydrogen) atoms. The Labute approximate surface area is 90.6 Å². The quantitative estimate of drug-likeness (QED) is 0.851. The van der Waals surface area contributed by atoms with Crippen molar-refractivity contribution in [2.24, 2.45) is 0 Å². The average Bonchev–Trinajstić information content (AvgIpc) is 2.86. The van der Waals surface area contributed by atoms with Crippen LogP contribution in [0.2, 0.25) is 0 Å². The summed E-state index contributed by atoms with van der Waals surface area (Å²) in [7, 11) is -3.29. The van der Waals surface area contributed by atoms with Gasteiger partial charge in [-0.1, -0.05) is 17.7 Å². The summed E-state index contributed by atoms with van der Waals surface area (Å²) in [6.45, 7) is 3.78. The van der Waals surface area contributed by atoms with Crippen LogP contribution in [0.1, 0.15) is 24.0 Å². The number of sulfonamides is 1. The Hall–Kier alpha value is -0.870. The SMILES string of the molecule is Cc1ccc(S(=O)(=O)NC2CC2)c(C)c1. The number of nitrogens with one attached hydrogen (secondary N) is 1. The second-order valence-corrected chi connectivity index (χ2v) is 5.85. The standard InChI is InChI=1S/C11H15NO2S/c1-8-3-6-11(9(2)7-8)15(13,14)12-10-4-5-10/h3,6-7,10,12H,4-5H2,1-2H3. The van der Waals surface area contributed by atoms with E-state index in [-0.39, 0.29) is 6.04 Å². The van der Waals surface area contributed by atoms with Gasteiger partial charge in [-0.05, 0) is 38.3 Å². The summed E-state index contributed by atoms with van der Waals surface area (Å²) in [5, 5.41) is 0. The summed E-state index contributed by atoms with van der Waals surface area (Å²) >= 11 is 0. The van der Waals surface area contributed by atoms with Crippen molar-refractivity contribution in [3.63, 3.8) is 0 Å². The van der Waals surface area contributed by atoms with Crippen molar-refractivity contribution >= 4 is 10.0 Å². The van der Waals surface area contributed by atoms with E-state index >= 15 is 0 Å². The summed E-state index contributed by atoms with van der Waals surface area (Å²) in [5.41, 5.74) is 1.89. The Morgan fingerprint density at radius 1 is 1.27 bits per heavy atom. The van der Waals surface area contributed by atoms with Gasteiger partial charge in [0.25, 0.3) is 0 Å². The van der Waals surface area contributed by atoms with E-state index < -0.39 is 10.0 Å². The summed E-state index contributed by atoms with van der Waals surface area (Å²) < 4.78 is 26.5. The Bertz CT molecular complexity index is 475. The lowest BCUT2D eigenvalue weighted by Gasteiger charge is -2.08. The number of benzene rings is 1. The van der Waals surface area contributed by atoms with E-state index in [0.717, 1.165) is 24.0 Å². The predicted molar refractivity (Wildman–Crippen MR) is 59.3 cm³/mol. The smallest absolute Gasteiger partial charge is 0.208 e. The molecule has 1 aliphatic carbocycles. The Balaban J connectivity index is 2.34. The molecule has 0 unspecified atom stereocenters. The molecular formula is C11H15NO2S. The first-order chi connectivity index (χ1) is 6.99. The van der Waals surface area contributed by atoms with Gasteiger partial charge in [-0.25, -0.2) is 13.1 Å². The van der Waals surface area contributed by atoms with Crippen LogP contribution >= 0.6 is 0 Å². The molecule has 2 rings (SSSR count). The zero-order chi connectivity index (χ0) is 11.1. The van der Waals surface area contributed by atoms with Gasteiger partial charge in [0.2, 0.25) is 10.0 Å². The molecule has 4 heteroatoms. The van der Waals surface area contributed by atoms with Crippen LogP contribution in [0.4, 0.5) is 0 Å². The highest BCUT2D eigenvalue weighted by Gasteiger charge is 2.28. The molecule has 1 aromatic rings. The third kappa shape index (κ3) is 2.38. The topological polar surface area (TPSA) is 46.2 Å². The molecule has 82 valence electrons. The molecule has 1 fully saturated rings. The van der Waals surface area contributed by atoms with Gasteiger partial charge in [-0.2, -0.15) is 0 Å². The van der Waals surface area contributed by atoms with Crippen molar-refractivity contribution in [3.05, 3.63) is 29.3 Å². The number of aryl methyl sites for hydroxylation is 2. The summed E-state index contributed by atoms with van der Waals surface area (Å²) in [6, 6.07) is 5.56. The molecule has 0 bridgehead atoms. The molecule has 1 aromatic carbocycles. The van der Waals surface area contributed by atoms with Gasteiger partial charge in [0, 0.05) is 6.04 Å². The van der Waals surface area contributed by atoms with Gasteiger partial charge in [0.05, 0.1) is 4.90 Å². The van der Waals surface area contributed by atoms with E-state index in [4.69, 9.17) is 0 Å². The number of hydrogen-bond donors (Lipinski definition) is 1. The highest BCUT2D eigenvalue weighted by molar-refractivity contribution is 7.89. The summed E-state index contributed by atoms with van der Waals surface area (Å²) in [4.78, 5) is 0.403. The highest BCUT2D eigenvalue weighted by atomic mass is 32.2. The van der Waals surface area contributed by atoms with Crippen molar-refractivity contribution in [1.29, 1.82) is 0 Å². The van der Waals surface area contributed by atoms with Crippen molar-refractivity contribution in [3.8, 4) is 0 Å². The van der Waals surface area contributed by atoms with Gasteiger partial charge in [0.1, 0.15) is 0 Å². The lowest BCUT2D eigenvalue weighted by molar-refractivity contribution is 0.580. The minimum absolute atomic E-state index is 0.163. The maximum Gasteiger partial charge on any atom is 0.241 e. The van der Waals surface area contributed by atoms with Crippen LogP contribution < -0.4 is 4.72 Å². The molecule has 0 aliphatic heterocycles. The Kier molecular flexibility index (Phi) is 2.56. The van der Waals surface area contributed by atoms with Crippen LogP contribution in [0.5, 0.6) is 0 Å². The second kappa shape index (κ2) is 3.61. The van der Waals surface area contributed by atoms with Gasteiger partial charge < -0.3 is 0 Å². The van der Waals surface area contributed by atoms with E-state index in [2.05, 4.69) is 4.72 Å². The van der Waals surface area contributed by atoms with E-state index in [0.29, 0.717) is 4.90 Å². The molecule has 1 aliphatic rings. The van der Waals surface area contributed by atoms with Gasteiger partial charge in [-0.15, -0.1) is 0 Å². The summed E-state index contributed by atoms with van der Waals surface area (Å²) in [6.07, 6.45) is 1.92. The fourth-order valence-corrected chi connectivity index (χ4v) is 3.12. The van der Waals surface area contributed by atoms with Crippen molar-refractivity contribution in [2.75, 3.05) is 0 Å². The Morgan fingerprint density at radius 2 is 1.93 bits per heavy atom. The molecule has 1 N–H and O–H groups in total. The molecule has 3 nitrogen and oxygen atoms in total. The first kappa shape index (κ1) is 10.6. The van der Waals surface area contributed by atoms with Crippen molar-refractivity contribution in [2.45, 2.75) is 37.6 Å². The molecule has 0 radical (unpaired) electrons. The molecular weight excluding hydrogens is 210 g/mol. The fraction of sp³-hybridized carbons (Fsp3) is 0.455. The normalized spacial score (nSPS) is 16.7. The largest absolute Gasteiger partial charge is 0.241 e. The van der Waals surface area contributed by atoms with Crippen molar-refractivity contribution < 1.29 is 8.42 Å². The maximum absolute atomic E-state index is 11.9. The summed E-state index contributed by atoms with van der Waals surface area (Å²) in [5.74, 6) is 0. The van der Waals surface area contributed by atoms with Gasteiger partial charge >= 0.3 is 0 Å². The molecule has 0 heterocycles. The van der Waals surface area contributed by atoms with E-state index in [1.807, 2.05) is 26.0 Å². The van der Waals surface area contributed by atoms with Crippen LogP contribution in [0.25, 0.3) is 0 Å². The molecule has 0 amide bonds. The average molecular weight is 225 g/mol. The molecule has 0 aromatic heterocycles. The molecule has 1 saturated carbocycles. The van der Waals surface area contributed by atoms with Crippen LogP contribution in [0.3, 0.4) is 0 Å². The van der Waals surface area contributed by atoms with Crippen LogP contribution in [-0.4, -0.2) is 14.5 Å². The molecule has 0 spiro atoms. The van der Waals surface area contributed by atoms with Crippen LogP contribution in [0, 0.1) is 13.8 Å². The third-order valence-electron chi connectivity index (χ3n) is 2.52. The van der Waals surface area contributed by atoms with E-state index in [1.54, 1.807) is 6.07 Å². The second-order valence-electron chi connectivity index (χ2n) is 4.16. The molecule has 0 saturated heterocycles. The first-order valence-electron chi connectivity index (χ1n) is 5.08. The minimum Gasteiger partial charge on any atom is -0.208 e. The van der Waals surface area contributed by atoms with Gasteiger partial charge in [0.15, 0.2) is 0 Å². The lowest BCUT2D eigenvalue weighted by atomic mass is 10.2. The first-order valence-corrected chi connectivity index (χ1v) is 6.57. The minimum atomic E-state index is -3.29. The zero-order valence-corrected chi connectivity index (χ0v) is 9.76. The zero-order valence-electron chi connectivity index (χ0n) is 8.95. The van der Waals surface area contributed by atoms with Crippen LogP contribution in [-0.2, 0) is 10.0 Å². The monoisotopic (exact) mass is 225 g/mol. The lowest BCUT2D eigenvalue weighted by Crippen LogP contribution is -2.26. The third-order valence-corrected chi connectivity index (χ3v) is 4.20. The van der Waals surface area contributed by atoms with Gasteiger partial charge in [-0.3, -0.25) is 0 Å². The fourth-order valence-electron chi connectivity index (χ4n) is 1.58. The Morgan fingerprint density at radius 3 is 2.47 bits per heavy atom. The van der Waals surface area contributed by atoms with Crippen LogP contribution in [0.15, 0.2) is 23.1 Å².